The molecule has 2 heterocycles. The van der Waals surface area contributed by atoms with Gasteiger partial charge in [0.15, 0.2) is 5.69 Å². The zero-order chi connectivity index (χ0) is 20.1. The van der Waals surface area contributed by atoms with Gasteiger partial charge in [-0.1, -0.05) is 12.1 Å². The van der Waals surface area contributed by atoms with Crippen molar-refractivity contribution in [3.8, 4) is 5.75 Å². The van der Waals surface area contributed by atoms with E-state index in [1.54, 1.807) is 7.11 Å². The average Bonchev–Trinajstić information content (AvgIpc) is 3.06. The van der Waals surface area contributed by atoms with E-state index in [0.29, 0.717) is 31.6 Å². The van der Waals surface area contributed by atoms with E-state index in [-0.39, 0.29) is 31.2 Å². The second-order valence-electron chi connectivity index (χ2n) is 6.50. The molecule has 0 saturated heterocycles. The number of hydrogen-bond acceptors (Lipinski definition) is 4. The topological polar surface area (TPSA) is 65.4 Å². The van der Waals surface area contributed by atoms with E-state index < -0.39 is 11.9 Å². The van der Waals surface area contributed by atoms with E-state index in [1.807, 2.05) is 24.3 Å². The number of nitrogens with one attached hydrogen (secondary N) is 1. The van der Waals surface area contributed by atoms with Gasteiger partial charge in [0.1, 0.15) is 5.75 Å². The first-order valence-electron chi connectivity index (χ1n) is 9.01. The summed E-state index contributed by atoms with van der Waals surface area (Å²) in [6.45, 7) is 0.684. The van der Waals surface area contributed by atoms with Gasteiger partial charge in [-0.3, -0.25) is 9.48 Å². The Kier molecular flexibility index (Phi) is 6.23. The Morgan fingerprint density at radius 3 is 2.75 bits per heavy atom. The highest BCUT2D eigenvalue weighted by atomic mass is 19.4. The van der Waals surface area contributed by atoms with Gasteiger partial charge < -0.3 is 14.8 Å². The first-order valence-corrected chi connectivity index (χ1v) is 9.01. The van der Waals surface area contributed by atoms with E-state index >= 15 is 0 Å². The van der Waals surface area contributed by atoms with Crippen molar-refractivity contribution >= 4 is 5.91 Å². The molecule has 0 radical (unpaired) electrons. The number of carbonyl (C=O) groups is 1. The maximum atomic E-state index is 13.1. The van der Waals surface area contributed by atoms with Crippen LogP contribution in [0.25, 0.3) is 0 Å². The van der Waals surface area contributed by atoms with Crippen molar-refractivity contribution < 1.29 is 27.4 Å². The first-order chi connectivity index (χ1) is 13.4. The number of hydrogen-bond donors (Lipinski definition) is 1. The van der Waals surface area contributed by atoms with E-state index in [1.165, 1.54) is 4.68 Å². The minimum Gasteiger partial charge on any atom is -0.497 e. The first kappa shape index (κ1) is 20.2. The Bertz CT molecular complexity index is 816. The molecule has 28 heavy (non-hydrogen) atoms. The summed E-state index contributed by atoms with van der Waals surface area (Å²) < 4.78 is 51.0. The quantitative estimate of drug-likeness (QED) is 0.780. The lowest BCUT2D eigenvalue weighted by molar-refractivity contribution is -0.142. The van der Waals surface area contributed by atoms with Gasteiger partial charge in [-0.2, -0.15) is 18.3 Å². The van der Waals surface area contributed by atoms with Crippen LogP contribution in [0.3, 0.4) is 0 Å². The normalized spacial score (nSPS) is 13.9. The Balaban J connectivity index is 1.51. The summed E-state index contributed by atoms with van der Waals surface area (Å²) in [6.07, 6.45) is -3.27. The lowest BCUT2D eigenvalue weighted by Gasteiger charge is -2.15. The summed E-state index contributed by atoms with van der Waals surface area (Å²) in [7, 11) is 1.59. The maximum Gasteiger partial charge on any atom is 0.435 e. The summed E-state index contributed by atoms with van der Waals surface area (Å²) in [4.78, 5) is 12.0. The zero-order valence-corrected chi connectivity index (χ0v) is 15.5. The molecule has 0 atom stereocenters. The van der Waals surface area contributed by atoms with Gasteiger partial charge in [0.25, 0.3) is 0 Å². The lowest BCUT2D eigenvalue weighted by atomic mass is 10.1. The molecule has 1 amide bonds. The van der Waals surface area contributed by atoms with Crippen molar-refractivity contribution in [3.05, 3.63) is 46.8 Å². The molecule has 0 fully saturated rings. The van der Waals surface area contributed by atoms with E-state index in [4.69, 9.17) is 9.47 Å². The fourth-order valence-corrected chi connectivity index (χ4v) is 3.16. The van der Waals surface area contributed by atoms with Gasteiger partial charge in [-0.15, -0.1) is 0 Å². The lowest BCUT2D eigenvalue weighted by Crippen LogP contribution is -2.28. The molecule has 6 nitrogen and oxygen atoms in total. The third-order valence-electron chi connectivity index (χ3n) is 4.61. The molecule has 0 aliphatic carbocycles. The number of fused-ring (bicyclic) bond motifs is 1. The molecule has 2 aromatic rings. The standard InChI is InChI=1S/C19H22F3N3O3/c1-27-14-5-2-13(3-6-14)4-7-17(26)23-9-10-25-16-8-11-28-12-15(16)18(24-25)19(20,21)22/h2-3,5-6H,4,7-12H2,1H3,(H,23,26). The number of benzene rings is 1. The van der Waals surface area contributed by atoms with Crippen LogP contribution in [-0.4, -0.2) is 35.9 Å². The Morgan fingerprint density at radius 1 is 1.32 bits per heavy atom. The third kappa shape index (κ3) is 4.83. The van der Waals surface area contributed by atoms with Crippen LogP contribution >= 0.6 is 0 Å². The SMILES string of the molecule is COc1ccc(CCC(=O)NCCn2nc(C(F)(F)F)c3c2CCOC3)cc1. The molecule has 152 valence electrons. The third-order valence-corrected chi connectivity index (χ3v) is 4.61. The highest BCUT2D eigenvalue weighted by Gasteiger charge is 2.39. The van der Waals surface area contributed by atoms with Gasteiger partial charge in [0.05, 0.1) is 26.9 Å². The van der Waals surface area contributed by atoms with Gasteiger partial charge in [0.2, 0.25) is 5.91 Å². The van der Waals surface area contributed by atoms with Gasteiger partial charge in [0, 0.05) is 30.6 Å². The number of carbonyl (C=O) groups excluding carboxylic acids is 1. The minimum absolute atomic E-state index is 0.0849. The Morgan fingerprint density at radius 2 is 2.07 bits per heavy atom. The number of nitrogens with zero attached hydrogens (tertiary/aromatic N) is 2. The molecule has 0 saturated carbocycles. The van der Waals surface area contributed by atoms with Crippen molar-refractivity contribution in [1.29, 1.82) is 0 Å². The van der Waals surface area contributed by atoms with E-state index in [9.17, 15) is 18.0 Å². The molecular weight excluding hydrogens is 375 g/mol. The summed E-state index contributed by atoms with van der Waals surface area (Å²) in [6, 6.07) is 7.44. The monoisotopic (exact) mass is 397 g/mol. The van der Waals surface area contributed by atoms with Crippen molar-refractivity contribution in [2.45, 2.75) is 38.6 Å². The van der Waals surface area contributed by atoms with Crippen LogP contribution in [0.2, 0.25) is 0 Å². The van der Waals surface area contributed by atoms with Crippen molar-refractivity contribution in [1.82, 2.24) is 15.1 Å². The highest BCUT2D eigenvalue weighted by Crippen LogP contribution is 2.34. The summed E-state index contributed by atoms with van der Waals surface area (Å²) in [5.41, 5.74) is 0.746. The van der Waals surface area contributed by atoms with Crippen LogP contribution in [0.15, 0.2) is 24.3 Å². The molecule has 3 rings (SSSR count). The number of rotatable bonds is 7. The Labute approximate surface area is 160 Å². The molecule has 1 aliphatic heterocycles. The number of alkyl halides is 3. The van der Waals surface area contributed by atoms with Crippen molar-refractivity contribution in [3.63, 3.8) is 0 Å². The zero-order valence-electron chi connectivity index (χ0n) is 15.5. The summed E-state index contributed by atoms with van der Waals surface area (Å²) in [5, 5.41) is 6.46. The molecular formula is C19H22F3N3O3. The van der Waals surface area contributed by atoms with Crippen molar-refractivity contribution in [2.24, 2.45) is 0 Å². The van der Waals surface area contributed by atoms with Crippen LogP contribution in [0.4, 0.5) is 13.2 Å². The molecule has 1 aromatic heterocycles. The molecule has 9 heteroatoms. The molecule has 0 bridgehead atoms. The fraction of sp³-hybridized carbons (Fsp3) is 0.474. The maximum absolute atomic E-state index is 13.1. The number of aryl methyl sites for hydroxylation is 1. The predicted octanol–water partition coefficient (Wildman–Crippen LogP) is 2.73. The smallest absolute Gasteiger partial charge is 0.435 e. The number of methoxy groups -OCH3 is 1. The minimum atomic E-state index is -4.52. The summed E-state index contributed by atoms with van der Waals surface area (Å²) in [5.74, 6) is 0.593. The fourth-order valence-electron chi connectivity index (χ4n) is 3.16. The van der Waals surface area contributed by atoms with Crippen LogP contribution in [0, 0.1) is 0 Å². The van der Waals surface area contributed by atoms with Gasteiger partial charge in [-0.05, 0) is 24.1 Å². The molecule has 1 aromatic carbocycles. The largest absolute Gasteiger partial charge is 0.497 e. The number of ether oxygens (including phenoxy) is 2. The van der Waals surface area contributed by atoms with Crippen LogP contribution in [0.1, 0.15) is 28.9 Å². The highest BCUT2D eigenvalue weighted by molar-refractivity contribution is 5.76. The molecule has 1 aliphatic rings. The van der Waals surface area contributed by atoms with Crippen LogP contribution in [-0.2, 0) is 41.7 Å². The van der Waals surface area contributed by atoms with Crippen molar-refractivity contribution in [2.75, 3.05) is 20.3 Å². The molecule has 0 unspecified atom stereocenters. The Hall–Kier alpha value is -2.55. The second-order valence-corrected chi connectivity index (χ2v) is 6.50. The second kappa shape index (κ2) is 8.64. The number of amides is 1. The van der Waals surface area contributed by atoms with Gasteiger partial charge in [-0.25, -0.2) is 0 Å². The average molecular weight is 397 g/mol. The van der Waals surface area contributed by atoms with Crippen LogP contribution < -0.4 is 10.1 Å². The number of aromatic nitrogens is 2. The summed E-state index contributed by atoms with van der Waals surface area (Å²) >= 11 is 0. The van der Waals surface area contributed by atoms with Crippen LogP contribution in [0.5, 0.6) is 5.75 Å². The van der Waals surface area contributed by atoms with Gasteiger partial charge >= 0.3 is 6.18 Å². The predicted molar refractivity (Wildman–Crippen MR) is 94.9 cm³/mol. The van der Waals surface area contributed by atoms with E-state index in [0.717, 1.165) is 11.3 Å². The molecule has 0 spiro atoms. The molecule has 1 N–H and O–H groups in total. The number of halogens is 3. The van der Waals surface area contributed by atoms with E-state index in [2.05, 4.69) is 10.4 Å².